The largest absolute Gasteiger partial charge is 0.481 e. The third-order valence-electron chi connectivity index (χ3n) is 1.98. The van der Waals surface area contributed by atoms with Crippen molar-refractivity contribution in [2.45, 2.75) is 19.3 Å². The quantitative estimate of drug-likeness (QED) is 0.779. The van der Waals surface area contributed by atoms with Crippen LogP contribution < -0.4 is 0 Å². The van der Waals surface area contributed by atoms with Gasteiger partial charge in [0.05, 0.1) is 5.92 Å². The molecule has 70 valence electrons. The molecule has 0 unspecified atom stereocenters. The maximum Gasteiger partial charge on any atom is 0.310 e. The summed E-state index contributed by atoms with van der Waals surface area (Å²) in [5.41, 5.74) is 0.649. The fourth-order valence-corrected chi connectivity index (χ4v) is 1.25. The van der Waals surface area contributed by atoms with Crippen molar-refractivity contribution in [3.63, 3.8) is 0 Å². The molecule has 0 aromatic heterocycles. The van der Waals surface area contributed by atoms with Crippen molar-refractivity contribution in [3.05, 3.63) is 35.6 Å². The zero-order valence-electron chi connectivity index (χ0n) is 7.33. The van der Waals surface area contributed by atoms with Gasteiger partial charge in [0, 0.05) is 0 Å². The van der Waals surface area contributed by atoms with Crippen LogP contribution in [0.25, 0.3) is 0 Å². The van der Waals surface area contributed by atoms with Crippen molar-refractivity contribution in [2.75, 3.05) is 0 Å². The van der Waals surface area contributed by atoms with Gasteiger partial charge in [-0.05, 0) is 24.1 Å². The molecule has 0 saturated heterocycles. The van der Waals surface area contributed by atoms with Crippen LogP contribution in [0.5, 0.6) is 0 Å². The van der Waals surface area contributed by atoms with Crippen molar-refractivity contribution in [2.24, 2.45) is 0 Å². The molecule has 13 heavy (non-hydrogen) atoms. The predicted molar refractivity (Wildman–Crippen MR) is 47.1 cm³/mol. The van der Waals surface area contributed by atoms with E-state index < -0.39 is 11.9 Å². The summed E-state index contributed by atoms with van der Waals surface area (Å²) in [7, 11) is 0. The number of carbonyl (C=O) groups is 1. The monoisotopic (exact) mass is 182 g/mol. The van der Waals surface area contributed by atoms with Crippen molar-refractivity contribution in [1.29, 1.82) is 0 Å². The van der Waals surface area contributed by atoms with Gasteiger partial charge in [-0.3, -0.25) is 4.79 Å². The molecule has 3 heteroatoms. The molecule has 1 N–H and O–H groups in total. The molecule has 1 aromatic carbocycles. The first kappa shape index (κ1) is 9.71. The maximum atomic E-state index is 12.5. The number of rotatable bonds is 3. The molecule has 2 nitrogen and oxygen atoms in total. The van der Waals surface area contributed by atoms with E-state index in [-0.39, 0.29) is 5.82 Å². The fraction of sp³-hybridized carbons (Fsp3) is 0.300. The SMILES string of the molecule is CC[C@H](C(=O)O)c1ccc(F)cc1. The highest BCUT2D eigenvalue weighted by molar-refractivity contribution is 5.75. The summed E-state index contributed by atoms with van der Waals surface area (Å²) in [6.45, 7) is 1.79. The standard InChI is InChI=1S/C10H11FO2/c1-2-9(10(12)13)7-3-5-8(11)6-4-7/h3-6,9H,2H2,1H3,(H,12,13)/t9-/m0/s1. The van der Waals surface area contributed by atoms with Gasteiger partial charge in [-0.15, -0.1) is 0 Å². The number of carboxylic acid groups (broad SMARTS) is 1. The Hall–Kier alpha value is -1.38. The van der Waals surface area contributed by atoms with Crippen LogP contribution >= 0.6 is 0 Å². The summed E-state index contributed by atoms with van der Waals surface area (Å²) >= 11 is 0. The number of carboxylic acids is 1. The Labute approximate surface area is 76.0 Å². The fourth-order valence-electron chi connectivity index (χ4n) is 1.25. The van der Waals surface area contributed by atoms with Crippen molar-refractivity contribution in [3.8, 4) is 0 Å². The smallest absolute Gasteiger partial charge is 0.310 e. The van der Waals surface area contributed by atoms with Gasteiger partial charge >= 0.3 is 5.97 Å². The number of hydrogen-bond donors (Lipinski definition) is 1. The van der Waals surface area contributed by atoms with Crippen LogP contribution in [0.15, 0.2) is 24.3 Å². The maximum absolute atomic E-state index is 12.5. The van der Waals surface area contributed by atoms with Gasteiger partial charge in [-0.1, -0.05) is 19.1 Å². The Kier molecular flexibility index (Phi) is 3.01. The summed E-state index contributed by atoms with van der Waals surface area (Å²) in [5.74, 6) is -1.74. The van der Waals surface area contributed by atoms with Crippen molar-refractivity contribution < 1.29 is 14.3 Å². The molecule has 0 fully saturated rings. The summed E-state index contributed by atoms with van der Waals surface area (Å²) in [4.78, 5) is 10.7. The highest BCUT2D eigenvalue weighted by Crippen LogP contribution is 2.19. The Morgan fingerprint density at radius 3 is 2.38 bits per heavy atom. The Balaban J connectivity index is 2.92. The Bertz CT molecular complexity index is 292. The van der Waals surface area contributed by atoms with Crippen LogP contribution in [-0.4, -0.2) is 11.1 Å². The number of halogens is 1. The Morgan fingerprint density at radius 2 is 2.00 bits per heavy atom. The molecular weight excluding hydrogens is 171 g/mol. The summed E-state index contributed by atoms with van der Waals surface area (Å²) in [6, 6.07) is 5.58. The van der Waals surface area contributed by atoms with Gasteiger partial charge in [-0.2, -0.15) is 0 Å². The summed E-state index contributed by atoms with van der Waals surface area (Å²) in [6.07, 6.45) is 0.515. The lowest BCUT2D eigenvalue weighted by atomic mass is 9.97. The lowest BCUT2D eigenvalue weighted by Gasteiger charge is -2.08. The van der Waals surface area contributed by atoms with Crippen LogP contribution in [0.1, 0.15) is 24.8 Å². The van der Waals surface area contributed by atoms with E-state index in [0.717, 1.165) is 0 Å². The van der Waals surface area contributed by atoms with Crippen molar-refractivity contribution in [1.82, 2.24) is 0 Å². The highest BCUT2D eigenvalue weighted by atomic mass is 19.1. The summed E-state index contributed by atoms with van der Waals surface area (Å²) < 4.78 is 12.5. The van der Waals surface area contributed by atoms with Gasteiger partial charge in [0.1, 0.15) is 5.82 Å². The summed E-state index contributed by atoms with van der Waals surface area (Å²) in [5, 5.41) is 8.80. The minimum Gasteiger partial charge on any atom is -0.481 e. The first-order valence-corrected chi connectivity index (χ1v) is 4.13. The second-order valence-electron chi connectivity index (χ2n) is 2.85. The normalized spacial score (nSPS) is 12.5. The molecule has 1 aromatic rings. The number of hydrogen-bond acceptors (Lipinski definition) is 1. The molecule has 1 atom stereocenters. The zero-order chi connectivity index (χ0) is 9.84. The molecule has 0 aliphatic heterocycles. The lowest BCUT2D eigenvalue weighted by molar-refractivity contribution is -0.138. The third kappa shape index (κ3) is 2.28. The molecule has 0 aliphatic carbocycles. The molecule has 0 spiro atoms. The molecule has 0 saturated carbocycles. The average Bonchev–Trinajstić information content (AvgIpc) is 2.09. The first-order valence-electron chi connectivity index (χ1n) is 4.13. The van der Waals surface area contributed by atoms with E-state index in [2.05, 4.69) is 0 Å². The molecule has 0 aliphatic rings. The van der Waals surface area contributed by atoms with Crippen LogP contribution in [-0.2, 0) is 4.79 Å². The second kappa shape index (κ2) is 4.03. The van der Waals surface area contributed by atoms with Crippen LogP contribution in [0, 0.1) is 5.82 Å². The van der Waals surface area contributed by atoms with E-state index in [1.165, 1.54) is 24.3 Å². The topological polar surface area (TPSA) is 37.3 Å². The van der Waals surface area contributed by atoms with E-state index in [1.54, 1.807) is 6.92 Å². The molecular formula is C10H11FO2. The van der Waals surface area contributed by atoms with E-state index in [1.807, 2.05) is 0 Å². The molecule has 0 bridgehead atoms. The van der Waals surface area contributed by atoms with Crippen molar-refractivity contribution >= 4 is 5.97 Å². The van der Waals surface area contributed by atoms with Crippen LogP contribution in [0.3, 0.4) is 0 Å². The third-order valence-corrected chi connectivity index (χ3v) is 1.98. The minimum absolute atomic E-state index is 0.344. The van der Waals surface area contributed by atoms with E-state index in [4.69, 9.17) is 5.11 Å². The zero-order valence-corrected chi connectivity index (χ0v) is 7.33. The van der Waals surface area contributed by atoms with Gasteiger partial charge < -0.3 is 5.11 Å². The molecule has 0 amide bonds. The number of aliphatic carboxylic acids is 1. The Morgan fingerprint density at radius 1 is 1.46 bits per heavy atom. The lowest BCUT2D eigenvalue weighted by Crippen LogP contribution is -2.10. The first-order chi connectivity index (χ1) is 6.15. The number of benzene rings is 1. The van der Waals surface area contributed by atoms with Gasteiger partial charge in [0.15, 0.2) is 0 Å². The second-order valence-corrected chi connectivity index (χ2v) is 2.85. The van der Waals surface area contributed by atoms with Gasteiger partial charge in [-0.25, -0.2) is 4.39 Å². The minimum atomic E-state index is -0.867. The van der Waals surface area contributed by atoms with Crippen LogP contribution in [0.4, 0.5) is 4.39 Å². The van der Waals surface area contributed by atoms with E-state index >= 15 is 0 Å². The highest BCUT2D eigenvalue weighted by Gasteiger charge is 2.16. The molecule has 1 rings (SSSR count). The molecule has 0 radical (unpaired) electrons. The van der Waals surface area contributed by atoms with Gasteiger partial charge in [0.2, 0.25) is 0 Å². The van der Waals surface area contributed by atoms with Crippen LogP contribution in [0.2, 0.25) is 0 Å². The van der Waals surface area contributed by atoms with Gasteiger partial charge in [0.25, 0.3) is 0 Å². The average molecular weight is 182 g/mol. The van der Waals surface area contributed by atoms with E-state index in [0.29, 0.717) is 12.0 Å². The molecule has 0 heterocycles. The predicted octanol–water partition coefficient (Wildman–Crippen LogP) is 2.40. The van der Waals surface area contributed by atoms with E-state index in [9.17, 15) is 9.18 Å².